The van der Waals surface area contributed by atoms with Crippen LogP contribution >= 0.6 is 23.2 Å². The largest absolute Gasteiger partial charge is 0.338 e. The lowest BCUT2D eigenvalue weighted by Crippen LogP contribution is -1.83. The summed E-state index contributed by atoms with van der Waals surface area (Å²) in [6, 6.07) is 11.2. The Hall–Kier alpha value is -2.44. The van der Waals surface area contributed by atoms with E-state index in [1.54, 1.807) is 12.1 Å². The number of imidazole rings is 1. The van der Waals surface area contributed by atoms with Gasteiger partial charge in [0.2, 0.25) is 5.82 Å². The molecular formula is C14H8Cl2N6. The Bertz CT molecular complexity index is 905. The van der Waals surface area contributed by atoms with Gasteiger partial charge in [-0.3, -0.25) is 0 Å². The van der Waals surface area contributed by atoms with Crippen molar-refractivity contribution in [3.8, 4) is 22.8 Å². The standard InChI is InChI=1S/C14H8Cl2N6/c15-9-5-11-12(6-10(9)16)18-13(17-11)7-1-3-8(4-2-7)14-19-21-22-20-14/h1-6H,(H,17,18)(H,19,20,21,22). The summed E-state index contributed by atoms with van der Waals surface area (Å²) >= 11 is 12.0. The van der Waals surface area contributed by atoms with Crippen molar-refractivity contribution >= 4 is 34.2 Å². The molecule has 0 saturated heterocycles. The molecule has 0 radical (unpaired) electrons. The predicted molar refractivity (Wildman–Crippen MR) is 84.7 cm³/mol. The van der Waals surface area contributed by atoms with Gasteiger partial charge in [-0.05, 0) is 17.3 Å². The summed E-state index contributed by atoms with van der Waals surface area (Å²) in [5.74, 6) is 1.29. The first-order chi connectivity index (χ1) is 10.7. The van der Waals surface area contributed by atoms with Crippen LogP contribution in [0.3, 0.4) is 0 Å². The normalized spacial score (nSPS) is 11.2. The van der Waals surface area contributed by atoms with Crippen molar-refractivity contribution in [2.24, 2.45) is 0 Å². The zero-order chi connectivity index (χ0) is 15.1. The average molecular weight is 331 g/mol. The van der Waals surface area contributed by atoms with Crippen LogP contribution in [-0.4, -0.2) is 30.6 Å². The lowest BCUT2D eigenvalue weighted by Gasteiger charge is -1.98. The van der Waals surface area contributed by atoms with E-state index in [0.717, 1.165) is 28.0 Å². The third-order valence-electron chi connectivity index (χ3n) is 3.29. The summed E-state index contributed by atoms with van der Waals surface area (Å²) in [7, 11) is 0. The Morgan fingerprint density at radius 2 is 1.64 bits per heavy atom. The van der Waals surface area contributed by atoms with Crippen molar-refractivity contribution in [2.75, 3.05) is 0 Å². The summed E-state index contributed by atoms with van der Waals surface area (Å²) in [4.78, 5) is 7.76. The van der Waals surface area contributed by atoms with Gasteiger partial charge in [0, 0.05) is 11.1 Å². The van der Waals surface area contributed by atoms with Gasteiger partial charge in [0.25, 0.3) is 0 Å². The smallest absolute Gasteiger partial charge is 0.204 e. The van der Waals surface area contributed by atoms with E-state index < -0.39 is 0 Å². The Kier molecular flexibility index (Phi) is 3.06. The van der Waals surface area contributed by atoms with E-state index in [0.29, 0.717) is 15.9 Å². The van der Waals surface area contributed by atoms with E-state index in [4.69, 9.17) is 23.2 Å². The summed E-state index contributed by atoms with van der Waals surface area (Å²) < 4.78 is 0. The highest BCUT2D eigenvalue weighted by Crippen LogP contribution is 2.29. The Labute approximate surface area is 134 Å². The SMILES string of the molecule is Clc1cc2nc(-c3ccc(-c4nn[nH]n4)cc3)[nH]c2cc1Cl. The number of fused-ring (bicyclic) bond motifs is 1. The Balaban J connectivity index is 1.75. The Morgan fingerprint density at radius 1 is 0.909 bits per heavy atom. The molecule has 0 aliphatic rings. The lowest BCUT2D eigenvalue weighted by atomic mass is 10.1. The lowest BCUT2D eigenvalue weighted by molar-refractivity contribution is 0.881. The van der Waals surface area contributed by atoms with Gasteiger partial charge in [0.05, 0.1) is 21.1 Å². The second kappa shape index (κ2) is 5.08. The van der Waals surface area contributed by atoms with Crippen molar-refractivity contribution in [1.82, 2.24) is 30.6 Å². The molecule has 0 saturated carbocycles. The molecule has 0 amide bonds. The quantitative estimate of drug-likeness (QED) is 0.586. The summed E-state index contributed by atoms with van der Waals surface area (Å²) in [6.07, 6.45) is 0. The molecule has 0 aliphatic heterocycles. The minimum Gasteiger partial charge on any atom is -0.338 e. The fourth-order valence-corrected chi connectivity index (χ4v) is 2.52. The molecule has 0 spiro atoms. The molecule has 4 rings (SSSR count). The zero-order valence-corrected chi connectivity index (χ0v) is 12.5. The minimum absolute atomic E-state index is 0.486. The molecule has 8 heteroatoms. The number of aromatic nitrogens is 6. The van der Waals surface area contributed by atoms with E-state index in [9.17, 15) is 0 Å². The molecule has 0 atom stereocenters. The predicted octanol–water partition coefficient (Wildman–Crippen LogP) is 3.72. The number of H-pyrrole nitrogens is 2. The van der Waals surface area contributed by atoms with Gasteiger partial charge in [-0.1, -0.05) is 47.5 Å². The van der Waals surface area contributed by atoms with Crippen molar-refractivity contribution in [3.05, 3.63) is 46.4 Å². The molecule has 2 aromatic heterocycles. The van der Waals surface area contributed by atoms with Crippen LogP contribution in [0, 0.1) is 0 Å². The molecule has 0 bridgehead atoms. The number of aromatic amines is 2. The van der Waals surface area contributed by atoms with Crippen LogP contribution in [0.4, 0.5) is 0 Å². The van der Waals surface area contributed by atoms with E-state index in [2.05, 4.69) is 30.6 Å². The number of hydrogen-bond donors (Lipinski definition) is 2. The van der Waals surface area contributed by atoms with Gasteiger partial charge in [-0.25, -0.2) is 4.98 Å². The highest BCUT2D eigenvalue weighted by Gasteiger charge is 2.09. The van der Waals surface area contributed by atoms with Crippen LogP contribution in [0.5, 0.6) is 0 Å². The molecule has 2 N–H and O–H groups in total. The third-order valence-corrected chi connectivity index (χ3v) is 4.01. The number of halogens is 2. The Morgan fingerprint density at radius 3 is 2.36 bits per heavy atom. The molecule has 6 nitrogen and oxygen atoms in total. The maximum absolute atomic E-state index is 6.02. The summed E-state index contributed by atoms with van der Waals surface area (Å²) in [6.45, 7) is 0. The first kappa shape index (κ1) is 13.2. The van der Waals surface area contributed by atoms with Gasteiger partial charge in [-0.15, -0.1) is 10.2 Å². The van der Waals surface area contributed by atoms with Crippen molar-refractivity contribution < 1.29 is 0 Å². The molecule has 0 unspecified atom stereocenters. The average Bonchev–Trinajstić information content (AvgIpc) is 3.17. The molecular weight excluding hydrogens is 323 g/mol. The third kappa shape index (κ3) is 2.22. The van der Waals surface area contributed by atoms with E-state index in [-0.39, 0.29) is 0 Å². The highest BCUT2D eigenvalue weighted by atomic mass is 35.5. The fourth-order valence-electron chi connectivity index (χ4n) is 2.20. The van der Waals surface area contributed by atoms with E-state index in [1.165, 1.54) is 0 Å². The monoisotopic (exact) mass is 330 g/mol. The number of benzene rings is 2. The number of nitrogens with one attached hydrogen (secondary N) is 2. The van der Waals surface area contributed by atoms with Crippen LogP contribution in [-0.2, 0) is 0 Å². The number of tetrazole rings is 1. The summed E-state index contributed by atoms with van der Waals surface area (Å²) in [5, 5.41) is 14.8. The van der Waals surface area contributed by atoms with Gasteiger partial charge in [-0.2, -0.15) is 5.21 Å². The highest BCUT2D eigenvalue weighted by molar-refractivity contribution is 6.42. The van der Waals surface area contributed by atoms with Crippen molar-refractivity contribution in [2.45, 2.75) is 0 Å². The van der Waals surface area contributed by atoms with Crippen LogP contribution in [0.15, 0.2) is 36.4 Å². The molecule has 0 aliphatic carbocycles. The second-order valence-corrected chi connectivity index (χ2v) is 5.50. The molecule has 0 fully saturated rings. The number of hydrogen-bond acceptors (Lipinski definition) is 4. The van der Waals surface area contributed by atoms with Gasteiger partial charge < -0.3 is 4.98 Å². The second-order valence-electron chi connectivity index (χ2n) is 4.68. The minimum atomic E-state index is 0.486. The van der Waals surface area contributed by atoms with Crippen LogP contribution in [0.1, 0.15) is 0 Å². The maximum atomic E-state index is 6.02. The molecule has 108 valence electrons. The topological polar surface area (TPSA) is 83.1 Å². The first-order valence-electron chi connectivity index (χ1n) is 6.40. The van der Waals surface area contributed by atoms with Crippen molar-refractivity contribution in [3.63, 3.8) is 0 Å². The number of rotatable bonds is 2. The molecule has 2 heterocycles. The van der Waals surface area contributed by atoms with Gasteiger partial charge in [0.1, 0.15) is 5.82 Å². The van der Waals surface area contributed by atoms with Crippen LogP contribution < -0.4 is 0 Å². The van der Waals surface area contributed by atoms with E-state index >= 15 is 0 Å². The maximum Gasteiger partial charge on any atom is 0.204 e. The van der Waals surface area contributed by atoms with Crippen molar-refractivity contribution in [1.29, 1.82) is 0 Å². The number of nitrogens with zero attached hydrogens (tertiary/aromatic N) is 4. The zero-order valence-electron chi connectivity index (χ0n) is 11.0. The fraction of sp³-hybridized carbons (Fsp3) is 0. The first-order valence-corrected chi connectivity index (χ1v) is 7.15. The summed E-state index contributed by atoms with van der Waals surface area (Å²) in [5.41, 5.74) is 3.42. The van der Waals surface area contributed by atoms with E-state index in [1.807, 2.05) is 24.3 Å². The van der Waals surface area contributed by atoms with Gasteiger partial charge in [0.15, 0.2) is 0 Å². The molecule has 2 aromatic carbocycles. The molecule has 4 aromatic rings. The molecule has 22 heavy (non-hydrogen) atoms. The van der Waals surface area contributed by atoms with Gasteiger partial charge >= 0.3 is 0 Å². The van der Waals surface area contributed by atoms with Crippen LogP contribution in [0.2, 0.25) is 10.0 Å². The van der Waals surface area contributed by atoms with Crippen LogP contribution in [0.25, 0.3) is 33.8 Å².